The lowest BCUT2D eigenvalue weighted by molar-refractivity contribution is -0.123. The molecule has 0 bridgehead atoms. The van der Waals surface area contributed by atoms with Crippen LogP contribution in [0.5, 0.6) is 0 Å². The van der Waals surface area contributed by atoms with Gasteiger partial charge in [-0.15, -0.1) is 0 Å². The number of nitrogens with one attached hydrogen (secondary N) is 2. The minimum absolute atomic E-state index is 0.0124. The summed E-state index contributed by atoms with van der Waals surface area (Å²) in [5.41, 5.74) is 2.88. The van der Waals surface area contributed by atoms with Crippen LogP contribution in [0.2, 0.25) is 0 Å². The maximum Gasteiger partial charge on any atom is 0.251 e. The molecule has 0 aliphatic heterocycles. The molecule has 2 amide bonds. The van der Waals surface area contributed by atoms with E-state index in [1.807, 2.05) is 62.1 Å². The van der Waals surface area contributed by atoms with Crippen molar-refractivity contribution in [1.82, 2.24) is 20.4 Å². The summed E-state index contributed by atoms with van der Waals surface area (Å²) < 4.78 is 1.87. The highest BCUT2D eigenvalue weighted by Crippen LogP contribution is 2.22. The summed E-state index contributed by atoms with van der Waals surface area (Å²) in [5.74, 6) is -0.399. The van der Waals surface area contributed by atoms with E-state index in [2.05, 4.69) is 36.5 Å². The van der Waals surface area contributed by atoms with Crippen molar-refractivity contribution in [2.45, 2.75) is 66.0 Å². The topological polar surface area (TPSA) is 76.0 Å². The molecule has 0 radical (unpaired) electrons. The van der Waals surface area contributed by atoms with Crippen LogP contribution in [-0.2, 0) is 16.8 Å². The third kappa shape index (κ3) is 6.73. The Bertz CT molecular complexity index is 816. The fourth-order valence-electron chi connectivity index (χ4n) is 3.03. The first kappa shape index (κ1) is 22.7. The zero-order valence-electron chi connectivity index (χ0n) is 18.5. The number of hydrogen-bond acceptors (Lipinski definition) is 3. The molecule has 1 heterocycles. The van der Waals surface area contributed by atoms with Gasteiger partial charge in [0.15, 0.2) is 0 Å². The number of benzene rings is 1. The molecule has 6 nitrogen and oxygen atoms in total. The number of hydrogen-bond donors (Lipinski definition) is 2. The number of aryl methyl sites for hydroxylation is 2. The van der Waals surface area contributed by atoms with Crippen LogP contribution in [0.15, 0.2) is 36.7 Å². The third-order valence-electron chi connectivity index (χ3n) is 4.87. The Kier molecular flexibility index (Phi) is 7.59. The lowest BCUT2D eigenvalue weighted by Gasteiger charge is -2.22. The van der Waals surface area contributed by atoms with Crippen LogP contribution < -0.4 is 10.6 Å². The number of amides is 2. The van der Waals surface area contributed by atoms with Gasteiger partial charge in [0.05, 0.1) is 6.20 Å². The van der Waals surface area contributed by atoms with Crippen molar-refractivity contribution in [3.8, 4) is 0 Å². The maximum absolute atomic E-state index is 12.6. The molecule has 1 unspecified atom stereocenters. The van der Waals surface area contributed by atoms with E-state index in [1.165, 1.54) is 5.56 Å². The summed E-state index contributed by atoms with van der Waals surface area (Å²) in [6.07, 6.45) is 4.57. The van der Waals surface area contributed by atoms with Crippen LogP contribution in [0, 0.1) is 12.8 Å². The Morgan fingerprint density at radius 1 is 1.14 bits per heavy atom. The molecule has 1 atom stereocenters. The number of carbonyl (C=O) groups is 2. The lowest BCUT2D eigenvalue weighted by Crippen LogP contribution is -2.50. The average Bonchev–Trinajstić information content (AvgIpc) is 3.07. The molecule has 2 rings (SSSR count). The van der Waals surface area contributed by atoms with Crippen LogP contribution in [0.4, 0.5) is 0 Å². The van der Waals surface area contributed by atoms with Gasteiger partial charge in [-0.05, 0) is 47.9 Å². The van der Waals surface area contributed by atoms with E-state index >= 15 is 0 Å². The van der Waals surface area contributed by atoms with Gasteiger partial charge in [0.1, 0.15) is 6.04 Å². The molecule has 0 aliphatic carbocycles. The molecule has 0 spiro atoms. The molecular weight excluding hydrogens is 364 g/mol. The minimum atomic E-state index is -0.572. The Hall–Kier alpha value is -2.63. The van der Waals surface area contributed by atoms with Gasteiger partial charge in [0, 0.05) is 24.8 Å². The van der Waals surface area contributed by atoms with Crippen molar-refractivity contribution in [2.75, 3.05) is 6.54 Å². The quantitative estimate of drug-likeness (QED) is 0.669. The van der Waals surface area contributed by atoms with Crippen LogP contribution in [0.3, 0.4) is 0 Å². The summed E-state index contributed by atoms with van der Waals surface area (Å²) >= 11 is 0. The first-order chi connectivity index (χ1) is 13.6. The van der Waals surface area contributed by atoms with E-state index in [1.54, 1.807) is 0 Å². The highest BCUT2D eigenvalue weighted by molar-refractivity contribution is 5.97. The smallest absolute Gasteiger partial charge is 0.251 e. The summed E-state index contributed by atoms with van der Waals surface area (Å²) in [5, 5.41) is 10.1. The highest BCUT2D eigenvalue weighted by atomic mass is 16.2. The Morgan fingerprint density at radius 2 is 1.79 bits per heavy atom. The van der Waals surface area contributed by atoms with Crippen molar-refractivity contribution in [1.29, 1.82) is 0 Å². The first-order valence-electron chi connectivity index (χ1n) is 10.3. The second kappa shape index (κ2) is 9.72. The standard InChI is InChI=1S/C23H34N4O2/c1-16(2)20(22(29)24-12-7-13-27-15-17(3)14-25-27)26-21(28)18-8-10-19(11-9-18)23(4,5)6/h8-11,14-16,20H,7,12-13H2,1-6H3,(H,24,29)(H,26,28). The SMILES string of the molecule is Cc1cnn(CCCNC(=O)C(NC(=O)c2ccc(C(C)(C)C)cc2)C(C)C)c1. The Morgan fingerprint density at radius 3 is 2.31 bits per heavy atom. The maximum atomic E-state index is 12.6. The van der Waals surface area contributed by atoms with Gasteiger partial charge in [0.2, 0.25) is 5.91 Å². The summed E-state index contributed by atoms with van der Waals surface area (Å²) in [7, 11) is 0. The monoisotopic (exact) mass is 398 g/mol. The van der Waals surface area contributed by atoms with Gasteiger partial charge in [-0.1, -0.05) is 46.8 Å². The molecule has 2 aromatic rings. The first-order valence-corrected chi connectivity index (χ1v) is 10.3. The second-order valence-electron chi connectivity index (χ2n) is 8.95. The van der Waals surface area contributed by atoms with Gasteiger partial charge in [-0.2, -0.15) is 5.10 Å². The summed E-state index contributed by atoms with van der Waals surface area (Å²) in [6.45, 7) is 13.5. The van der Waals surface area contributed by atoms with Gasteiger partial charge >= 0.3 is 0 Å². The largest absolute Gasteiger partial charge is 0.354 e. The predicted octanol–water partition coefficient (Wildman–Crippen LogP) is 3.45. The van der Waals surface area contributed by atoms with Crippen molar-refractivity contribution in [2.24, 2.45) is 5.92 Å². The van der Waals surface area contributed by atoms with E-state index in [9.17, 15) is 9.59 Å². The van der Waals surface area contributed by atoms with Crippen LogP contribution >= 0.6 is 0 Å². The molecule has 0 fully saturated rings. The molecule has 2 N–H and O–H groups in total. The molecule has 29 heavy (non-hydrogen) atoms. The average molecular weight is 399 g/mol. The normalized spacial score (nSPS) is 12.7. The van der Waals surface area contributed by atoms with Gasteiger partial charge < -0.3 is 10.6 Å². The summed E-state index contributed by atoms with van der Waals surface area (Å²) in [6, 6.07) is 7.00. The van der Waals surface area contributed by atoms with E-state index in [0.717, 1.165) is 18.5 Å². The number of aromatic nitrogens is 2. The molecular formula is C23H34N4O2. The fraction of sp³-hybridized carbons (Fsp3) is 0.522. The zero-order valence-corrected chi connectivity index (χ0v) is 18.5. The van der Waals surface area contributed by atoms with Crippen molar-refractivity contribution in [3.63, 3.8) is 0 Å². The molecule has 0 saturated carbocycles. The molecule has 6 heteroatoms. The van der Waals surface area contributed by atoms with E-state index in [0.29, 0.717) is 12.1 Å². The molecule has 158 valence electrons. The van der Waals surface area contributed by atoms with Crippen molar-refractivity contribution < 1.29 is 9.59 Å². The lowest BCUT2D eigenvalue weighted by atomic mass is 9.86. The number of nitrogens with zero attached hydrogens (tertiary/aromatic N) is 2. The van der Waals surface area contributed by atoms with Crippen molar-refractivity contribution in [3.05, 3.63) is 53.3 Å². The van der Waals surface area contributed by atoms with Crippen LogP contribution in [0.1, 0.15) is 62.5 Å². The molecule has 1 aromatic heterocycles. The molecule has 0 aliphatic rings. The van der Waals surface area contributed by atoms with Crippen LogP contribution in [-0.4, -0.2) is 34.2 Å². The predicted molar refractivity (Wildman–Crippen MR) is 116 cm³/mol. The second-order valence-corrected chi connectivity index (χ2v) is 8.95. The van der Waals surface area contributed by atoms with Crippen molar-refractivity contribution >= 4 is 11.8 Å². The van der Waals surface area contributed by atoms with Gasteiger partial charge in [-0.3, -0.25) is 14.3 Å². The zero-order chi connectivity index (χ0) is 21.6. The van der Waals surface area contributed by atoms with E-state index in [4.69, 9.17) is 0 Å². The Balaban J connectivity index is 1.89. The Labute approximate surface area is 174 Å². The summed E-state index contributed by atoms with van der Waals surface area (Å²) in [4.78, 5) is 25.2. The minimum Gasteiger partial charge on any atom is -0.354 e. The van der Waals surface area contributed by atoms with E-state index in [-0.39, 0.29) is 23.1 Å². The third-order valence-corrected chi connectivity index (χ3v) is 4.87. The highest BCUT2D eigenvalue weighted by Gasteiger charge is 2.24. The molecule has 0 saturated heterocycles. The van der Waals surface area contributed by atoms with E-state index < -0.39 is 6.04 Å². The molecule has 1 aromatic carbocycles. The number of carbonyl (C=O) groups excluding carboxylic acids is 2. The fourth-order valence-corrected chi connectivity index (χ4v) is 3.03. The number of rotatable bonds is 8. The van der Waals surface area contributed by atoms with Crippen LogP contribution in [0.25, 0.3) is 0 Å². The van der Waals surface area contributed by atoms with Gasteiger partial charge in [0.25, 0.3) is 5.91 Å². The van der Waals surface area contributed by atoms with Gasteiger partial charge in [-0.25, -0.2) is 0 Å².